The van der Waals surface area contributed by atoms with Crippen LogP contribution in [0.25, 0.3) is 49.0 Å². The van der Waals surface area contributed by atoms with Gasteiger partial charge in [0.2, 0.25) is 5.52 Å². The van der Waals surface area contributed by atoms with Gasteiger partial charge < -0.3 is 4.40 Å². The molecule has 3 heterocycles. The highest BCUT2D eigenvalue weighted by Gasteiger charge is 2.26. The molecule has 0 atom stereocenters. The summed E-state index contributed by atoms with van der Waals surface area (Å²) in [5.74, 6) is 0.692. The fraction of sp³-hybridized carbons (Fsp3) is 0.323. The summed E-state index contributed by atoms with van der Waals surface area (Å²) in [6, 6.07) is 16.8. The molecule has 33 heavy (non-hydrogen) atoms. The summed E-state index contributed by atoms with van der Waals surface area (Å²) >= 11 is 0. The van der Waals surface area contributed by atoms with Gasteiger partial charge in [0.05, 0.1) is 27.3 Å². The molecule has 2 heteroatoms. The molecule has 1 fully saturated rings. The molecule has 0 radical (unpaired) electrons. The Kier molecular flexibility index (Phi) is 3.93. The molecule has 0 N–H and O–H groups in total. The first kappa shape index (κ1) is 19.3. The van der Waals surface area contributed by atoms with E-state index in [0.717, 1.165) is 0 Å². The average molecular weight is 432 g/mol. The minimum absolute atomic E-state index is 0.692. The number of hydrogen-bond acceptors (Lipinski definition) is 0. The van der Waals surface area contributed by atoms with Gasteiger partial charge in [-0.05, 0) is 85.4 Å². The molecular formula is C31H31N2+. The third-order valence-electron chi connectivity index (χ3n) is 8.52. The van der Waals surface area contributed by atoms with E-state index in [-0.39, 0.29) is 0 Å². The zero-order chi connectivity index (χ0) is 22.4. The summed E-state index contributed by atoms with van der Waals surface area (Å²) in [5, 5.41) is 6.95. The lowest BCUT2D eigenvalue weighted by molar-refractivity contribution is -0.643. The van der Waals surface area contributed by atoms with Gasteiger partial charge in [0, 0.05) is 16.8 Å². The van der Waals surface area contributed by atoms with E-state index in [1.165, 1.54) is 103 Å². The van der Waals surface area contributed by atoms with Gasteiger partial charge in [-0.15, -0.1) is 0 Å². The molecule has 0 bridgehead atoms. The minimum atomic E-state index is 0.692. The number of aryl methyl sites for hydroxylation is 4. The quantitative estimate of drug-likeness (QED) is 0.143. The summed E-state index contributed by atoms with van der Waals surface area (Å²) in [5.41, 5.74) is 11.1. The minimum Gasteiger partial charge on any atom is -0.307 e. The van der Waals surface area contributed by atoms with Gasteiger partial charge in [-0.1, -0.05) is 37.5 Å². The first-order chi connectivity index (χ1) is 16.0. The molecule has 6 aromatic rings. The Bertz CT molecular complexity index is 1730. The average Bonchev–Trinajstić information content (AvgIpc) is 3.14. The Morgan fingerprint density at radius 2 is 1.64 bits per heavy atom. The highest BCUT2D eigenvalue weighted by atomic mass is 15.0. The highest BCUT2D eigenvalue weighted by molar-refractivity contribution is 6.26. The molecule has 1 saturated carbocycles. The van der Waals surface area contributed by atoms with Gasteiger partial charge in [0.25, 0.3) is 0 Å². The molecule has 0 saturated heterocycles. The molecule has 7 rings (SSSR count). The largest absolute Gasteiger partial charge is 0.307 e. The Labute approximate surface area is 194 Å². The van der Waals surface area contributed by atoms with E-state index >= 15 is 0 Å². The van der Waals surface area contributed by atoms with Crippen LogP contribution in [-0.2, 0) is 7.05 Å². The van der Waals surface area contributed by atoms with Gasteiger partial charge >= 0.3 is 0 Å². The first-order valence-corrected chi connectivity index (χ1v) is 12.5. The van der Waals surface area contributed by atoms with Crippen molar-refractivity contribution in [2.75, 3.05) is 0 Å². The molecule has 2 nitrogen and oxygen atoms in total. The van der Waals surface area contributed by atoms with E-state index in [1.807, 2.05) is 0 Å². The molecule has 0 amide bonds. The molecule has 0 aliphatic heterocycles. The maximum atomic E-state index is 2.60. The normalized spacial score (nSPS) is 15.8. The van der Waals surface area contributed by atoms with Crippen molar-refractivity contribution in [1.29, 1.82) is 0 Å². The van der Waals surface area contributed by atoms with Crippen LogP contribution in [0.15, 0.2) is 48.7 Å². The fourth-order valence-corrected chi connectivity index (χ4v) is 6.71. The van der Waals surface area contributed by atoms with Crippen LogP contribution >= 0.6 is 0 Å². The molecular weight excluding hydrogens is 400 g/mol. The van der Waals surface area contributed by atoms with E-state index in [2.05, 4.69) is 85.4 Å². The van der Waals surface area contributed by atoms with Crippen molar-refractivity contribution >= 4 is 49.0 Å². The number of aromatic nitrogens is 2. The molecule has 1 aliphatic carbocycles. The number of hydrogen-bond donors (Lipinski definition) is 0. The Balaban J connectivity index is 1.80. The monoisotopic (exact) mass is 431 g/mol. The zero-order valence-corrected chi connectivity index (χ0v) is 20.1. The number of benzene rings is 3. The van der Waals surface area contributed by atoms with Crippen LogP contribution in [0.1, 0.15) is 60.3 Å². The molecule has 164 valence electrons. The number of pyridine rings is 2. The summed E-state index contributed by atoms with van der Waals surface area (Å²) < 4.78 is 4.95. The van der Waals surface area contributed by atoms with E-state index < -0.39 is 0 Å². The van der Waals surface area contributed by atoms with Crippen LogP contribution in [0, 0.1) is 20.8 Å². The third-order valence-corrected chi connectivity index (χ3v) is 8.52. The summed E-state index contributed by atoms with van der Waals surface area (Å²) in [4.78, 5) is 0. The van der Waals surface area contributed by atoms with Crippen molar-refractivity contribution in [2.24, 2.45) is 7.05 Å². The fourth-order valence-electron chi connectivity index (χ4n) is 6.71. The maximum Gasteiger partial charge on any atom is 0.224 e. The van der Waals surface area contributed by atoms with Crippen molar-refractivity contribution in [3.8, 4) is 0 Å². The second kappa shape index (κ2) is 6.70. The van der Waals surface area contributed by atoms with Crippen molar-refractivity contribution in [3.63, 3.8) is 0 Å². The van der Waals surface area contributed by atoms with Crippen LogP contribution in [0.5, 0.6) is 0 Å². The maximum absolute atomic E-state index is 2.60. The topological polar surface area (TPSA) is 8.29 Å². The van der Waals surface area contributed by atoms with Gasteiger partial charge in [0.1, 0.15) is 7.05 Å². The number of rotatable bonds is 1. The van der Waals surface area contributed by atoms with E-state index in [4.69, 9.17) is 0 Å². The molecule has 3 aromatic carbocycles. The summed E-state index contributed by atoms with van der Waals surface area (Å²) in [6.45, 7) is 6.79. The lowest BCUT2D eigenvalue weighted by atomic mass is 9.83. The predicted octanol–water partition coefficient (Wildman–Crippen LogP) is 7.79. The van der Waals surface area contributed by atoms with Crippen LogP contribution in [0.3, 0.4) is 0 Å². The Morgan fingerprint density at radius 1 is 0.818 bits per heavy atom. The molecule has 0 spiro atoms. The van der Waals surface area contributed by atoms with E-state index in [0.29, 0.717) is 5.92 Å². The standard InChI is InChI=1S/C31H31N2/c1-18-10-11-24-25-15-19(2)20(3)28-30(25)33(26(24)14-18)27-17-23(21-8-6-5-7-9-21)16-22-12-13-32(4)31(28)29(22)27/h10-17,21H,5-9H2,1-4H3/q+1. The Morgan fingerprint density at radius 3 is 2.45 bits per heavy atom. The van der Waals surface area contributed by atoms with E-state index in [9.17, 15) is 0 Å². The number of fused-ring (bicyclic) bond motifs is 5. The smallest absolute Gasteiger partial charge is 0.224 e. The lowest BCUT2D eigenvalue weighted by Crippen LogP contribution is -2.29. The second-order valence-corrected chi connectivity index (χ2v) is 10.6. The molecule has 0 unspecified atom stereocenters. The molecule has 3 aromatic heterocycles. The SMILES string of the molecule is Cc1ccc2c3cc(C)c(C)c4c3n(c2c1)c1cc(C2CCCCC2)cc2cc[n+](C)c4c21. The Hall–Kier alpha value is -3.13. The van der Waals surface area contributed by atoms with Crippen LogP contribution in [0.4, 0.5) is 0 Å². The van der Waals surface area contributed by atoms with Gasteiger partial charge in [-0.25, -0.2) is 4.57 Å². The van der Waals surface area contributed by atoms with Crippen molar-refractivity contribution in [3.05, 3.63) is 70.9 Å². The van der Waals surface area contributed by atoms with Gasteiger partial charge in [-0.3, -0.25) is 0 Å². The van der Waals surface area contributed by atoms with Crippen molar-refractivity contribution < 1.29 is 4.57 Å². The lowest BCUT2D eigenvalue weighted by Gasteiger charge is -2.23. The van der Waals surface area contributed by atoms with Crippen LogP contribution in [-0.4, -0.2) is 4.40 Å². The first-order valence-electron chi connectivity index (χ1n) is 12.5. The zero-order valence-electron chi connectivity index (χ0n) is 20.1. The molecule has 1 aliphatic rings. The van der Waals surface area contributed by atoms with Gasteiger partial charge in [0.15, 0.2) is 6.20 Å². The number of nitrogens with zero attached hydrogens (tertiary/aromatic N) is 2. The highest BCUT2D eigenvalue weighted by Crippen LogP contribution is 2.43. The summed E-state index contributed by atoms with van der Waals surface area (Å²) in [6.07, 6.45) is 9.05. The van der Waals surface area contributed by atoms with Crippen molar-refractivity contribution in [2.45, 2.75) is 58.8 Å². The van der Waals surface area contributed by atoms with Crippen LogP contribution < -0.4 is 4.57 Å². The van der Waals surface area contributed by atoms with E-state index in [1.54, 1.807) is 0 Å². The second-order valence-electron chi connectivity index (χ2n) is 10.6. The third kappa shape index (κ3) is 2.52. The predicted molar refractivity (Wildman–Crippen MR) is 140 cm³/mol. The van der Waals surface area contributed by atoms with Gasteiger partial charge in [-0.2, -0.15) is 0 Å². The van der Waals surface area contributed by atoms with Crippen molar-refractivity contribution in [1.82, 2.24) is 4.40 Å². The van der Waals surface area contributed by atoms with Crippen LogP contribution in [0.2, 0.25) is 0 Å². The summed E-state index contributed by atoms with van der Waals surface area (Å²) in [7, 11) is 2.21.